The minimum atomic E-state index is -1.67. The van der Waals surface area contributed by atoms with E-state index in [0.717, 1.165) is 0 Å². The van der Waals surface area contributed by atoms with Crippen LogP contribution in [0.1, 0.15) is 6.42 Å². The number of alkyl halides is 2. The van der Waals surface area contributed by atoms with Gasteiger partial charge in [-0.15, -0.1) is 0 Å². The Bertz CT molecular complexity index is 329. The number of nitro groups is 1. The molecule has 1 aliphatic rings. The summed E-state index contributed by atoms with van der Waals surface area (Å²) in [6.07, 6.45) is -4.20. The average molecular weight is 303 g/mol. The first-order valence-electron chi connectivity index (χ1n) is 5.04. The molecule has 0 saturated carbocycles. The molecule has 18 heavy (non-hydrogen) atoms. The fourth-order valence-electron chi connectivity index (χ4n) is 1.57. The van der Waals surface area contributed by atoms with Gasteiger partial charge in [-0.1, -0.05) is 23.2 Å². The van der Waals surface area contributed by atoms with E-state index in [1.807, 2.05) is 0 Å². The molecule has 0 radical (unpaired) electrons. The number of hydrogen-bond donors (Lipinski definition) is 3. The summed E-state index contributed by atoms with van der Waals surface area (Å²) >= 11 is 10.6. The standard InChI is InChI=1S/C8H12Cl2N2O6/c9-6(10)7(14)11-2-3-1-4(12(16)17)5(13)8(15)18-3/h3-6,8,13,15H,1-2H2,(H,11,14)/t3?,4?,5?,8-/m1/s1. The van der Waals surface area contributed by atoms with E-state index in [1.165, 1.54) is 0 Å². The van der Waals surface area contributed by atoms with Gasteiger partial charge in [-0.3, -0.25) is 14.9 Å². The molecule has 0 aromatic carbocycles. The smallest absolute Gasteiger partial charge is 0.253 e. The molecule has 1 saturated heterocycles. The summed E-state index contributed by atoms with van der Waals surface area (Å²) in [7, 11) is 0. The maximum atomic E-state index is 11.1. The molecule has 1 rings (SSSR count). The number of hydrogen-bond acceptors (Lipinski definition) is 6. The van der Waals surface area contributed by atoms with Gasteiger partial charge in [-0.25, -0.2) is 0 Å². The monoisotopic (exact) mass is 302 g/mol. The van der Waals surface area contributed by atoms with Gasteiger partial charge < -0.3 is 20.3 Å². The van der Waals surface area contributed by atoms with E-state index in [4.69, 9.17) is 27.9 Å². The van der Waals surface area contributed by atoms with Crippen LogP contribution >= 0.6 is 23.2 Å². The Morgan fingerprint density at radius 1 is 1.56 bits per heavy atom. The van der Waals surface area contributed by atoms with Crippen molar-refractivity contribution in [3.8, 4) is 0 Å². The molecule has 0 bridgehead atoms. The molecule has 0 aromatic rings. The number of halogens is 2. The van der Waals surface area contributed by atoms with Crippen LogP contribution in [0.2, 0.25) is 0 Å². The fourth-order valence-corrected chi connectivity index (χ4v) is 1.72. The molecule has 1 amide bonds. The van der Waals surface area contributed by atoms with Crippen LogP contribution in [0.25, 0.3) is 0 Å². The summed E-state index contributed by atoms with van der Waals surface area (Å²) in [4.78, 5) is 19.8. The summed E-state index contributed by atoms with van der Waals surface area (Å²) in [5.41, 5.74) is 0. The minimum Gasteiger partial charge on any atom is -0.381 e. The molecular weight excluding hydrogens is 291 g/mol. The average Bonchev–Trinajstić information content (AvgIpc) is 2.29. The molecule has 8 nitrogen and oxygen atoms in total. The van der Waals surface area contributed by atoms with Crippen LogP contribution in [-0.2, 0) is 9.53 Å². The number of carbonyl (C=O) groups is 1. The summed E-state index contributed by atoms with van der Waals surface area (Å²) in [5, 5.41) is 31.6. The van der Waals surface area contributed by atoms with E-state index in [-0.39, 0.29) is 13.0 Å². The normalized spacial score (nSPS) is 32.3. The van der Waals surface area contributed by atoms with Crippen LogP contribution in [0, 0.1) is 10.1 Å². The molecule has 3 N–H and O–H groups in total. The van der Waals surface area contributed by atoms with Crippen LogP contribution in [0.15, 0.2) is 0 Å². The number of nitrogens with zero attached hydrogens (tertiary/aromatic N) is 1. The van der Waals surface area contributed by atoms with Gasteiger partial charge >= 0.3 is 0 Å². The number of nitrogens with one attached hydrogen (secondary N) is 1. The van der Waals surface area contributed by atoms with Crippen molar-refractivity contribution >= 4 is 29.1 Å². The van der Waals surface area contributed by atoms with Crippen LogP contribution < -0.4 is 5.32 Å². The predicted molar refractivity (Wildman–Crippen MR) is 60.8 cm³/mol. The first kappa shape index (κ1) is 15.4. The maximum Gasteiger partial charge on any atom is 0.253 e. The van der Waals surface area contributed by atoms with Crippen LogP contribution in [0.5, 0.6) is 0 Å². The molecule has 0 spiro atoms. The van der Waals surface area contributed by atoms with Crippen LogP contribution in [-0.4, -0.2) is 57.0 Å². The predicted octanol–water partition coefficient (Wildman–Crippen LogP) is -0.980. The molecule has 0 aliphatic carbocycles. The highest BCUT2D eigenvalue weighted by Crippen LogP contribution is 2.20. The van der Waals surface area contributed by atoms with Crippen molar-refractivity contribution < 1.29 is 24.7 Å². The third-order valence-corrected chi connectivity index (χ3v) is 2.89. The van der Waals surface area contributed by atoms with Gasteiger partial charge in [0.1, 0.15) is 0 Å². The Labute approximate surface area is 112 Å². The highest BCUT2D eigenvalue weighted by Gasteiger charge is 2.44. The topological polar surface area (TPSA) is 122 Å². The second kappa shape index (κ2) is 6.48. The highest BCUT2D eigenvalue weighted by molar-refractivity contribution is 6.53. The van der Waals surface area contributed by atoms with Crippen molar-refractivity contribution in [1.29, 1.82) is 0 Å². The van der Waals surface area contributed by atoms with Crippen molar-refractivity contribution in [2.24, 2.45) is 0 Å². The SMILES string of the molecule is O=C(NCC1CC([N+](=O)[O-])C(O)[C@H](O)O1)C(Cl)Cl. The molecule has 1 heterocycles. The summed E-state index contributed by atoms with van der Waals surface area (Å²) in [6.45, 7) is -0.0944. The van der Waals surface area contributed by atoms with Crippen molar-refractivity contribution in [2.45, 2.75) is 35.8 Å². The number of ether oxygens (including phenoxy) is 1. The lowest BCUT2D eigenvalue weighted by atomic mass is 10.00. The first-order chi connectivity index (χ1) is 8.32. The van der Waals surface area contributed by atoms with Gasteiger partial charge in [0.05, 0.1) is 6.10 Å². The molecular formula is C8H12Cl2N2O6. The Morgan fingerprint density at radius 2 is 2.17 bits per heavy atom. The quantitative estimate of drug-likeness (QED) is 0.348. The molecule has 1 fully saturated rings. The Morgan fingerprint density at radius 3 is 2.67 bits per heavy atom. The van der Waals surface area contributed by atoms with Gasteiger partial charge in [0, 0.05) is 17.9 Å². The molecule has 3 unspecified atom stereocenters. The first-order valence-corrected chi connectivity index (χ1v) is 5.91. The van der Waals surface area contributed by atoms with Crippen LogP contribution in [0.3, 0.4) is 0 Å². The van der Waals surface area contributed by atoms with Gasteiger partial charge in [0.2, 0.25) is 6.04 Å². The lowest BCUT2D eigenvalue weighted by Gasteiger charge is -2.32. The molecule has 104 valence electrons. The molecule has 0 aromatic heterocycles. The van der Waals surface area contributed by atoms with E-state index >= 15 is 0 Å². The van der Waals surface area contributed by atoms with Crippen molar-refractivity contribution in [2.75, 3.05) is 6.54 Å². The zero-order valence-corrected chi connectivity index (χ0v) is 10.5. The highest BCUT2D eigenvalue weighted by atomic mass is 35.5. The number of rotatable bonds is 4. The van der Waals surface area contributed by atoms with E-state index < -0.39 is 40.2 Å². The van der Waals surface area contributed by atoms with E-state index in [9.17, 15) is 25.1 Å². The maximum absolute atomic E-state index is 11.1. The molecule has 10 heteroatoms. The van der Waals surface area contributed by atoms with Gasteiger partial charge in [0.25, 0.3) is 5.91 Å². The molecule has 1 aliphatic heterocycles. The lowest BCUT2D eigenvalue weighted by molar-refractivity contribution is -0.550. The summed E-state index contributed by atoms with van der Waals surface area (Å²) < 4.78 is 4.91. The summed E-state index contributed by atoms with van der Waals surface area (Å²) in [5.74, 6) is -0.666. The zero-order chi connectivity index (χ0) is 13.9. The second-order valence-corrected chi connectivity index (χ2v) is 4.87. The van der Waals surface area contributed by atoms with Crippen molar-refractivity contribution in [3.63, 3.8) is 0 Å². The third-order valence-electron chi connectivity index (χ3n) is 2.50. The third kappa shape index (κ3) is 3.92. The largest absolute Gasteiger partial charge is 0.381 e. The minimum absolute atomic E-state index is 0.0944. The van der Waals surface area contributed by atoms with Crippen LogP contribution in [0.4, 0.5) is 0 Å². The number of amides is 1. The van der Waals surface area contributed by atoms with Gasteiger partial charge in [-0.05, 0) is 0 Å². The Balaban J connectivity index is 2.53. The lowest BCUT2D eigenvalue weighted by Crippen LogP contribution is -2.54. The molecule has 4 atom stereocenters. The van der Waals surface area contributed by atoms with E-state index in [0.29, 0.717) is 0 Å². The zero-order valence-electron chi connectivity index (χ0n) is 9.03. The van der Waals surface area contributed by atoms with Gasteiger partial charge in [-0.2, -0.15) is 0 Å². The van der Waals surface area contributed by atoms with Crippen molar-refractivity contribution in [3.05, 3.63) is 10.1 Å². The number of carbonyl (C=O) groups excluding carboxylic acids is 1. The van der Waals surface area contributed by atoms with E-state index in [2.05, 4.69) is 5.32 Å². The number of aliphatic hydroxyl groups is 2. The number of aliphatic hydroxyl groups excluding tert-OH is 2. The Hall–Kier alpha value is -0.670. The second-order valence-electron chi connectivity index (χ2n) is 3.77. The van der Waals surface area contributed by atoms with Crippen molar-refractivity contribution in [1.82, 2.24) is 5.32 Å². The van der Waals surface area contributed by atoms with Gasteiger partial charge in [0.15, 0.2) is 17.2 Å². The van der Waals surface area contributed by atoms with E-state index in [1.54, 1.807) is 0 Å². The summed E-state index contributed by atoms with van der Waals surface area (Å²) in [6, 6.07) is -1.35. The Kier molecular flexibility index (Phi) is 5.54. The fraction of sp³-hybridized carbons (Fsp3) is 0.875.